The van der Waals surface area contributed by atoms with Crippen LogP contribution in [0.15, 0.2) is 42.5 Å². The van der Waals surface area contributed by atoms with Gasteiger partial charge >= 0.3 is 0 Å². The molecule has 0 saturated heterocycles. The highest BCUT2D eigenvalue weighted by atomic mass is 16.5. The molecule has 1 saturated carbocycles. The molecule has 1 amide bonds. The van der Waals surface area contributed by atoms with Crippen LogP contribution < -0.4 is 10.1 Å². The number of hydrogen-bond donors (Lipinski definition) is 1. The first-order chi connectivity index (χ1) is 12.1. The van der Waals surface area contributed by atoms with Gasteiger partial charge in [-0.05, 0) is 67.5 Å². The summed E-state index contributed by atoms with van der Waals surface area (Å²) in [6, 6.07) is 14.3. The predicted octanol–water partition coefficient (Wildman–Crippen LogP) is 5.37. The molecule has 1 fully saturated rings. The fourth-order valence-corrected chi connectivity index (χ4v) is 3.48. The van der Waals surface area contributed by atoms with Gasteiger partial charge in [-0.1, -0.05) is 43.5 Å². The highest BCUT2D eigenvalue weighted by molar-refractivity contribution is 5.92. The van der Waals surface area contributed by atoms with Crippen LogP contribution in [0.3, 0.4) is 0 Å². The van der Waals surface area contributed by atoms with E-state index in [2.05, 4.69) is 17.4 Å². The Balaban J connectivity index is 1.52. The van der Waals surface area contributed by atoms with Crippen LogP contribution in [0.25, 0.3) is 0 Å². The van der Waals surface area contributed by atoms with Crippen LogP contribution >= 0.6 is 0 Å². The standard InChI is InChI=1S/C22H27NO2/c1-16-8-9-17(2)21(14-16)23-22(24)15-25-20-12-10-19(11-13-20)18-6-4-3-5-7-18/h8-14,18H,3-7,15H2,1-2H3,(H,23,24). The van der Waals surface area contributed by atoms with E-state index in [1.54, 1.807) is 0 Å². The maximum absolute atomic E-state index is 12.1. The zero-order chi connectivity index (χ0) is 17.6. The topological polar surface area (TPSA) is 38.3 Å². The number of anilines is 1. The monoisotopic (exact) mass is 337 g/mol. The average molecular weight is 337 g/mol. The van der Waals surface area contributed by atoms with E-state index in [4.69, 9.17) is 4.74 Å². The minimum absolute atomic E-state index is 0.0240. The summed E-state index contributed by atoms with van der Waals surface area (Å²) in [6.45, 7) is 4.02. The number of carbonyl (C=O) groups excluding carboxylic acids is 1. The first kappa shape index (κ1) is 17.5. The van der Waals surface area contributed by atoms with E-state index in [1.807, 2.05) is 44.2 Å². The number of amides is 1. The first-order valence-electron chi connectivity index (χ1n) is 9.22. The third kappa shape index (κ3) is 4.85. The number of rotatable bonds is 5. The van der Waals surface area contributed by atoms with Gasteiger partial charge in [0.15, 0.2) is 6.61 Å². The van der Waals surface area contributed by atoms with Crippen molar-refractivity contribution in [3.05, 3.63) is 59.2 Å². The molecule has 0 aliphatic heterocycles. The third-order valence-electron chi connectivity index (χ3n) is 4.99. The molecular formula is C22H27NO2. The zero-order valence-electron chi connectivity index (χ0n) is 15.2. The van der Waals surface area contributed by atoms with Crippen LogP contribution in [0.5, 0.6) is 5.75 Å². The van der Waals surface area contributed by atoms with Crippen molar-refractivity contribution in [1.29, 1.82) is 0 Å². The van der Waals surface area contributed by atoms with E-state index < -0.39 is 0 Å². The van der Waals surface area contributed by atoms with Gasteiger partial charge in [-0.15, -0.1) is 0 Å². The van der Waals surface area contributed by atoms with Gasteiger partial charge in [0.2, 0.25) is 0 Å². The second-order valence-corrected chi connectivity index (χ2v) is 7.06. The maximum Gasteiger partial charge on any atom is 0.262 e. The fourth-order valence-electron chi connectivity index (χ4n) is 3.48. The Labute approximate surface area is 150 Å². The molecule has 2 aromatic rings. The molecule has 2 aromatic carbocycles. The van der Waals surface area contributed by atoms with E-state index in [1.165, 1.54) is 37.7 Å². The molecule has 25 heavy (non-hydrogen) atoms. The summed E-state index contributed by atoms with van der Waals surface area (Å²) in [4.78, 5) is 12.1. The second-order valence-electron chi connectivity index (χ2n) is 7.06. The molecule has 0 atom stereocenters. The molecule has 132 valence electrons. The number of ether oxygens (including phenoxy) is 1. The van der Waals surface area contributed by atoms with Gasteiger partial charge in [0.05, 0.1) is 0 Å². The van der Waals surface area contributed by atoms with Crippen LogP contribution in [0.4, 0.5) is 5.69 Å². The minimum Gasteiger partial charge on any atom is -0.484 e. The Bertz CT molecular complexity index is 715. The molecule has 1 aliphatic carbocycles. The van der Waals surface area contributed by atoms with E-state index >= 15 is 0 Å². The van der Waals surface area contributed by atoms with Gasteiger partial charge in [-0.3, -0.25) is 4.79 Å². The number of benzene rings is 2. The predicted molar refractivity (Wildman–Crippen MR) is 102 cm³/mol. The SMILES string of the molecule is Cc1ccc(C)c(NC(=O)COc2ccc(C3CCCCC3)cc2)c1. The quantitative estimate of drug-likeness (QED) is 0.796. The van der Waals surface area contributed by atoms with Crippen molar-refractivity contribution in [2.45, 2.75) is 51.9 Å². The lowest BCUT2D eigenvalue weighted by atomic mass is 9.84. The molecule has 0 bridgehead atoms. The smallest absolute Gasteiger partial charge is 0.262 e. The van der Waals surface area contributed by atoms with Crippen molar-refractivity contribution in [3.63, 3.8) is 0 Å². The maximum atomic E-state index is 12.1. The Kier molecular flexibility index (Phi) is 5.75. The van der Waals surface area contributed by atoms with E-state index in [9.17, 15) is 4.79 Å². The highest BCUT2D eigenvalue weighted by Gasteiger charge is 2.15. The van der Waals surface area contributed by atoms with Crippen molar-refractivity contribution < 1.29 is 9.53 Å². The molecule has 1 aliphatic rings. The Morgan fingerprint density at radius 3 is 2.48 bits per heavy atom. The normalized spacial score (nSPS) is 15.0. The van der Waals surface area contributed by atoms with Crippen LogP contribution in [-0.4, -0.2) is 12.5 Å². The lowest BCUT2D eigenvalue weighted by molar-refractivity contribution is -0.118. The van der Waals surface area contributed by atoms with E-state index in [-0.39, 0.29) is 12.5 Å². The Morgan fingerprint density at radius 1 is 1.04 bits per heavy atom. The highest BCUT2D eigenvalue weighted by Crippen LogP contribution is 2.33. The molecule has 0 aromatic heterocycles. The molecule has 0 spiro atoms. The number of hydrogen-bond acceptors (Lipinski definition) is 2. The zero-order valence-corrected chi connectivity index (χ0v) is 15.2. The summed E-state index contributed by atoms with van der Waals surface area (Å²) in [5.41, 5.74) is 4.42. The summed E-state index contributed by atoms with van der Waals surface area (Å²) >= 11 is 0. The van der Waals surface area contributed by atoms with Gasteiger partial charge in [0.25, 0.3) is 5.91 Å². The van der Waals surface area contributed by atoms with Crippen LogP contribution in [0.2, 0.25) is 0 Å². The van der Waals surface area contributed by atoms with Crippen molar-refractivity contribution >= 4 is 11.6 Å². The van der Waals surface area contributed by atoms with Crippen LogP contribution in [0, 0.1) is 13.8 Å². The van der Waals surface area contributed by atoms with Gasteiger partial charge in [-0.25, -0.2) is 0 Å². The van der Waals surface area contributed by atoms with Crippen molar-refractivity contribution in [3.8, 4) is 5.75 Å². The van der Waals surface area contributed by atoms with Crippen molar-refractivity contribution in [2.24, 2.45) is 0 Å². The summed E-state index contributed by atoms with van der Waals surface area (Å²) in [6.07, 6.45) is 6.62. The van der Waals surface area contributed by atoms with Crippen molar-refractivity contribution in [2.75, 3.05) is 11.9 Å². The Morgan fingerprint density at radius 2 is 1.76 bits per heavy atom. The molecule has 3 heteroatoms. The summed E-state index contributed by atoms with van der Waals surface area (Å²) in [5, 5.41) is 2.92. The molecular weight excluding hydrogens is 310 g/mol. The lowest BCUT2D eigenvalue weighted by Crippen LogP contribution is -2.20. The largest absolute Gasteiger partial charge is 0.484 e. The average Bonchev–Trinajstić information content (AvgIpc) is 2.64. The molecule has 0 heterocycles. The molecule has 0 radical (unpaired) electrons. The number of aryl methyl sites for hydroxylation is 2. The number of carbonyl (C=O) groups is 1. The second kappa shape index (κ2) is 8.19. The summed E-state index contributed by atoms with van der Waals surface area (Å²) in [5.74, 6) is 1.30. The van der Waals surface area contributed by atoms with Crippen LogP contribution in [-0.2, 0) is 4.79 Å². The lowest BCUT2D eigenvalue weighted by Gasteiger charge is -2.22. The summed E-state index contributed by atoms with van der Waals surface area (Å²) in [7, 11) is 0. The Hall–Kier alpha value is -2.29. The van der Waals surface area contributed by atoms with Gasteiger partial charge in [0.1, 0.15) is 5.75 Å². The minimum atomic E-state index is -0.134. The molecule has 3 nitrogen and oxygen atoms in total. The van der Waals surface area contributed by atoms with E-state index in [0.29, 0.717) is 5.92 Å². The fraction of sp³-hybridized carbons (Fsp3) is 0.409. The molecule has 1 N–H and O–H groups in total. The number of nitrogens with one attached hydrogen (secondary N) is 1. The van der Waals surface area contributed by atoms with Gasteiger partial charge in [0, 0.05) is 5.69 Å². The van der Waals surface area contributed by atoms with Gasteiger partial charge < -0.3 is 10.1 Å². The van der Waals surface area contributed by atoms with Gasteiger partial charge in [-0.2, -0.15) is 0 Å². The molecule has 0 unspecified atom stereocenters. The first-order valence-corrected chi connectivity index (χ1v) is 9.22. The van der Waals surface area contributed by atoms with E-state index in [0.717, 1.165) is 22.6 Å². The summed E-state index contributed by atoms with van der Waals surface area (Å²) < 4.78 is 5.64. The third-order valence-corrected chi connectivity index (χ3v) is 4.99. The molecule has 3 rings (SSSR count). The van der Waals surface area contributed by atoms with Crippen molar-refractivity contribution in [1.82, 2.24) is 0 Å². The van der Waals surface area contributed by atoms with Crippen LogP contribution in [0.1, 0.15) is 54.7 Å².